The Balaban J connectivity index is 1.79. The molecular formula is C20H27NO7. The van der Waals surface area contributed by atoms with E-state index in [0.717, 1.165) is 19.3 Å². The van der Waals surface area contributed by atoms with Crippen molar-refractivity contribution in [3.63, 3.8) is 0 Å². The Kier molecular flexibility index (Phi) is 7.78. The maximum Gasteiger partial charge on any atom is 0.344 e. The lowest BCUT2D eigenvalue weighted by Gasteiger charge is -2.36. The van der Waals surface area contributed by atoms with Gasteiger partial charge in [0.15, 0.2) is 19.0 Å². The molecule has 0 N–H and O–H groups in total. The van der Waals surface area contributed by atoms with Gasteiger partial charge < -0.3 is 14.2 Å². The number of hydrogen-bond donors (Lipinski definition) is 0. The van der Waals surface area contributed by atoms with Gasteiger partial charge in [-0.15, -0.1) is 0 Å². The van der Waals surface area contributed by atoms with Crippen molar-refractivity contribution in [1.82, 2.24) is 0 Å². The van der Waals surface area contributed by atoms with Crippen molar-refractivity contribution in [3.05, 3.63) is 34.4 Å². The second-order valence-corrected chi connectivity index (χ2v) is 7.53. The summed E-state index contributed by atoms with van der Waals surface area (Å²) >= 11 is 0. The molecule has 2 rings (SSSR count). The summed E-state index contributed by atoms with van der Waals surface area (Å²) in [5.74, 6) is -0.231. The zero-order valence-electron chi connectivity index (χ0n) is 16.5. The molecule has 1 saturated carbocycles. The van der Waals surface area contributed by atoms with Crippen LogP contribution in [-0.4, -0.2) is 36.2 Å². The van der Waals surface area contributed by atoms with Gasteiger partial charge in [0, 0.05) is 6.07 Å². The zero-order valence-corrected chi connectivity index (χ0v) is 16.5. The number of para-hydroxylation sites is 2. The van der Waals surface area contributed by atoms with Crippen LogP contribution in [0.3, 0.4) is 0 Å². The Morgan fingerprint density at radius 3 is 2.57 bits per heavy atom. The van der Waals surface area contributed by atoms with Crippen molar-refractivity contribution in [2.75, 3.05) is 13.2 Å². The molecule has 0 amide bonds. The molecule has 154 valence electrons. The van der Waals surface area contributed by atoms with Gasteiger partial charge in [-0.25, -0.2) is 9.59 Å². The molecule has 0 heterocycles. The second-order valence-electron chi connectivity index (χ2n) is 7.53. The summed E-state index contributed by atoms with van der Waals surface area (Å²) in [4.78, 5) is 34.2. The molecule has 3 atom stereocenters. The molecule has 0 bridgehead atoms. The molecule has 0 saturated heterocycles. The quantitative estimate of drug-likeness (QED) is 0.378. The lowest BCUT2D eigenvalue weighted by molar-refractivity contribution is -0.385. The first-order chi connectivity index (χ1) is 13.3. The van der Waals surface area contributed by atoms with Gasteiger partial charge in [-0.2, -0.15) is 0 Å². The van der Waals surface area contributed by atoms with E-state index in [2.05, 4.69) is 20.8 Å². The molecule has 0 radical (unpaired) electrons. The van der Waals surface area contributed by atoms with Gasteiger partial charge in [-0.1, -0.05) is 39.3 Å². The summed E-state index contributed by atoms with van der Waals surface area (Å²) in [5, 5.41) is 10.9. The maximum absolute atomic E-state index is 12.1. The molecule has 8 nitrogen and oxygen atoms in total. The minimum Gasteiger partial charge on any atom is -0.475 e. The van der Waals surface area contributed by atoms with Crippen molar-refractivity contribution in [2.45, 2.75) is 46.1 Å². The van der Waals surface area contributed by atoms with Gasteiger partial charge >= 0.3 is 17.6 Å². The monoisotopic (exact) mass is 393 g/mol. The van der Waals surface area contributed by atoms with Crippen LogP contribution in [0.1, 0.15) is 40.0 Å². The highest BCUT2D eigenvalue weighted by Gasteiger charge is 2.33. The van der Waals surface area contributed by atoms with E-state index in [-0.39, 0.29) is 17.5 Å². The molecular weight excluding hydrogens is 366 g/mol. The minimum absolute atomic E-state index is 0.0389. The van der Waals surface area contributed by atoms with Crippen LogP contribution in [0.5, 0.6) is 5.75 Å². The summed E-state index contributed by atoms with van der Waals surface area (Å²) in [6.45, 7) is 5.32. The van der Waals surface area contributed by atoms with Crippen molar-refractivity contribution in [2.24, 2.45) is 17.8 Å². The highest BCUT2D eigenvalue weighted by atomic mass is 16.6. The summed E-state index contributed by atoms with van der Waals surface area (Å²) in [6.07, 6.45) is 2.77. The fraction of sp³-hybridized carbons (Fsp3) is 0.600. The number of hydrogen-bond acceptors (Lipinski definition) is 7. The highest BCUT2D eigenvalue weighted by molar-refractivity contribution is 5.77. The van der Waals surface area contributed by atoms with Crippen LogP contribution in [0, 0.1) is 27.9 Å². The third-order valence-corrected chi connectivity index (χ3v) is 5.00. The van der Waals surface area contributed by atoms with Crippen molar-refractivity contribution < 1.29 is 28.7 Å². The van der Waals surface area contributed by atoms with Gasteiger partial charge in [0.05, 0.1) is 4.92 Å². The molecule has 1 aromatic rings. The second kappa shape index (κ2) is 10.1. The molecule has 1 aliphatic rings. The van der Waals surface area contributed by atoms with E-state index in [1.807, 2.05) is 0 Å². The van der Waals surface area contributed by atoms with E-state index in [9.17, 15) is 19.7 Å². The number of nitro benzene ring substituents is 1. The van der Waals surface area contributed by atoms with Crippen LogP contribution in [-0.2, 0) is 19.1 Å². The highest BCUT2D eigenvalue weighted by Crippen LogP contribution is 2.35. The predicted molar refractivity (Wildman–Crippen MR) is 101 cm³/mol. The molecule has 8 heteroatoms. The fourth-order valence-corrected chi connectivity index (χ4v) is 3.50. The Morgan fingerprint density at radius 1 is 1.18 bits per heavy atom. The average molecular weight is 393 g/mol. The van der Waals surface area contributed by atoms with E-state index >= 15 is 0 Å². The third-order valence-electron chi connectivity index (χ3n) is 5.00. The van der Waals surface area contributed by atoms with Crippen LogP contribution >= 0.6 is 0 Å². The third kappa shape index (κ3) is 6.21. The summed E-state index contributed by atoms with van der Waals surface area (Å²) in [5.41, 5.74) is -0.249. The van der Waals surface area contributed by atoms with Crippen LogP contribution in [0.15, 0.2) is 24.3 Å². The first-order valence-corrected chi connectivity index (χ1v) is 9.49. The average Bonchev–Trinajstić information content (AvgIpc) is 2.64. The van der Waals surface area contributed by atoms with Gasteiger partial charge in [0.25, 0.3) is 0 Å². The number of esters is 2. The van der Waals surface area contributed by atoms with Crippen LogP contribution in [0.2, 0.25) is 0 Å². The summed E-state index contributed by atoms with van der Waals surface area (Å²) in [7, 11) is 0. The number of nitro groups is 1. The van der Waals surface area contributed by atoms with E-state index in [1.165, 1.54) is 18.2 Å². The maximum atomic E-state index is 12.1. The SMILES string of the molecule is CC(C)[C@@H]1CC[C@H](C)C[C@@H]1OC(=O)COC(=O)COc1ccccc1[N+](=O)[O-]. The number of ether oxygens (including phenoxy) is 3. The predicted octanol–water partition coefficient (Wildman–Crippen LogP) is 3.52. The number of carbonyl (C=O) groups is 2. The van der Waals surface area contributed by atoms with E-state index in [0.29, 0.717) is 17.8 Å². The molecule has 0 spiro atoms. The largest absolute Gasteiger partial charge is 0.475 e. The van der Waals surface area contributed by atoms with E-state index in [1.54, 1.807) is 6.07 Å². The Hall–Kier alpha value is -2.64. The molecule has 28 heavy (non-hydrogen) atoms. The van der Waals surface area contributed by atoms with Crippen molar-refractivity contribution in [1.29, 1.82) is 0 Å². The minimum atomic E-state index is -0.799. The van der Waals surface area contributed by atoms with E-state index in [4.69, 9.17) is 14.2 Å². The molecule has 0 unspecified atom stereocenters. The van der Waals surface area contributed by atoms with Gasteiger partial charge in [-0.3, -0.25) is 10.1 Å². The molecule has 0 aromatic heterocycles. The van der Waals surface area contributed by atoms with Crippen LogP contribution in [0.4, 0.5) is 5.69 Å². The fourth-order valence-electron chi connectivity index (χ4n) is 3.50. The molecule has 0 aliphatic heterocycles. The Labute approximate surface area is 164 Å². The van der Waals surface area contributed by atoms with Gasteiger partial charge in [0.1, 0.15) is 6.10 Å². The summed E-state index contributed by atoms with van der Waals surface area (Å²) < 4.78 is 15.6. The van der Waals surface area contributed by atoms with Crippen molar-refractivity contribution in [3.8, 4) is 5.75 Å². The molecule has 1 aliphatic carbocycles. The Bertz CT molecular complexity index is 704. The number of carbonyl (C=O) groups excluding carboxylic acids is 2. The smallest absolute Gasteiger partial charge is 0.344 e. The normalized spacial score (nSPS) is 21.8. The lowest BCUT2D eigenvalue weighted by atomic mass is 9.75. The van der Waals surface area contributed by atoms with Crippen LogP contribution in [0.25, 0.3) is 0 Å². The lowest BCUT2D eigenvalue weighted by Crippen LogP contribution is -2.37. The van der Waals surface area contributed by atoms with Gasteiger partial charge in [0.2, 0.25) is 0 Å². The van der Waals surface area contributed by atoms with Crippen molar-refractivity contribution >= 4 is 17.6 Å². The summed E-state index contributed by atoms with van der Waals surface area (Å²) in [6, 6.07) is 5.71. The topological polar surface area (TPSA) is 105 Å². The molecule has 1 aromatic carbocycles. The Morgan fingerprint density at radius 2 is 1.89 bits per heavy atom. The first kappa shape index (κ1) is 21.7. The van der Waals surface area contributed by atoms with Crippen LogP contribution < -0.4 is 4.74 Å². The number of rotatable bonds is 8. The molecule has 1 fully saturated rings. The van der Waals surface area contributed by atoms with Gasteiger partial charge in [-0.05, 0) is 36.7 Å². The van der Waals surface area contributed by atoms with E-state index < -0.39 is 30.1 Å². The zero-order chi connectivity index (χ0) is 20.7. The number of benzene rings is 1. The number of nitrogens with zero attached hydrogens (tertiary/aromatic N) is 1. The first-order valence-electron chi connectivity index (χ1n) is 9.49. The standard InChI is InChI=1S/C20H27NO7/c1-13(2)15-9-8-14(3)10-18(15)28-20(23)12-27-19(22)11-26-17-7-5-4-6-16(17)21(24)25/h4-7,13-15,18H,8-12H2,1-3H3/t14-,15-,18-/m0/s1.